The fourth-order valence-corrected chi connectivity index (χ4v) is 7.26. The topological polar surface area (TPSA) is 78.9 Å². The summed E-state index contributed by atoms with van der Waals surface area (Å²) in [7, 11) is 0. The Kier molecular flexibility index (Phi) is 57.6. The molecule has 0 bridgehead atoms. The minimum Gasteiger partial charge on any atom is -0.462 e. The third-order valence-corrected chi connectivity index (χ3v) is 11.7. The van der Waals surface area contributed by atoms with E-state index in [0.717, 1.165) is 148 Å². The quantitative estimate of drug-likeness (QED) is 0.0261. The second kappa shape index (κ2) is 62.1. The second-order valence-corrected chi connectivity index (χ2v) is 18.8. The average Bonchev–Trinajstić information content (AvgIpc) is 3.42. The van der Waals surface area contributed by atoms with Gasteiger partial charge in [0, 0.05) is 19.3 Å². The lowest BCUT2D eigenvalue weighted by atomic mass is 10.1. The predicted molar refractivity (Wildman–Crippen MR) is 329 cm³/mol. The molecule has 0 aromatic carbocycles. The molecule has 0 heterocycles. The maximum Gasteiger partial charge on any atom is 0.306 e. The Labute approximate surface area is 465 Å². The van der Waals surface area contributed by atoms with Crippen LogP contribution in [0.15, 0.2) is 182 Å². The van der Waals surface area contributed by atoms with Gasteiger partial charge in [0.2, 0.25) is 0 Å². The zero-order valence-electron chi connectivity index (χ0n) is 48.2. The largest absolute Gasteiger partial charge is 0.462 e. The fraction of sp³-hybridized carbons (Fsp3) is 0.529. The van der Waals surface area contributed by atoms with Gasteiger partial charge < -0.3 is 14.2 Å². The number of hydrogen-bond acceptors (Lipinski definition) is 6. The van der Waals surface area contributed by atoms with Crippen LogP contribution in [0.3, 0.4) is 0 Å². The summed E-state index contributed by atoms with van der Waals surface area (Å²) in [6.45, 7) is 6.26. The van der Waals surface area contributed by atoms with Gasteiger partial charge in [0.1, 0.15) is 13.2 Å². The highest BCUT2D eigenvalue weighted by Gasteiger charge is 2.19. The fourth-order valence-electron chi connectivity index (χ4n) is 7.26. The highest BCUT2D eigenvalue weighted by atomic mass is 16.6. The molecule has 0 saturated heterocycles. The third-order valence-electron chi connectivity index (χ3n) is 11.7. The number of carbonyl (C=O) groups is 3. The van der Waals surface area contributed by atoms with Gasteiger partial charge in [0.25, 0.3) is 0 Å². The molecule has 0 aliphatic heterocycles. The van der Waals surface area contributed by atoms with Crippen LogP contribution >= 0.6 is 0 Å². The Morgan fingerprint density at radius 1 is 0.276 bits per heavy atom. The van der Waals surface area contributed by atoms with E-state index in [0.29, 0.717) is 19.3 Å². The number of esters is 3. The molecule has 0 spiro atoms. The Morgan fingerprint density at radius 2 is 0.513 bits per heavy atom. The standard InChI is InChI=1S/C70H106O6/c1-4-7-10-13-16-18-20-22-24-26-28-30-32-34-35-37-38-40-42-44-46-48-50-52-54-57-60-63-69(72)75-66-67(65-74-68(71)62-59-56-15-12-9-6-3)76-70(73)64-61-58-55-53-51-49-47-45-43-41-39-36-33-31-29-27-25-23-21-19-17-14-11-8-5-2/h7-8,10-11,16-19,22-25,28-31,34-36,38-40,43-46,49-52,67H,4-6,9,12-15,20-21,26-27,32-33,37,41-42,47-48,53-66H2,1-3H3/b10-7-,11-8-,18-16-,19-17-,24-22-,25-23-,30-28-,31-29-,35-34-,39-36-,40-38-,45-43-,46-44-,51-49-,52-50-. The van der Waals surface area contributed by atoms with Crippen LogP contribution in [0, 0.1) is 0 Å². The van der Waals surface area contributed by atoms with Crippen molar-refractivity contribution < 1.29 is 28.6 Å². The smallest absolute Gasteiger partial charge is 0.306 e. The Hall–Kier alpha value is -5.49. The van der Waals surface area contributed by atoms with Crippen LogP contribution in [-0.4, -0.2) is 37.2 Å². The first-order chi connectivity index (χ1) is 37.5. The maximum absolute atomic E-state index is 12.8. The van der Waals surface area contributed by atoms with Crippen LogP contribution in [0.2, 0.25) is 0 Å². The third kappa shape index (κ3) is 59.4. The summed E-state index contributed by atoms with van der Waals surface area (Å²) in [5, 5.41) is 0. The number of carbonyl (C=O) groups excluding carboxylic acids is 3. The Morgan fingerprint density at radius 3 is 0.829 bits per heavy atom. The minimum absolute atomic E-state index is 0.115. The van der Waals surface area contributed by atoms with E-state index in [2.05, 4.69) is 203 Å². The van der Waals surface area contributed by atoms with Crippen molar-refractivity contribution in [1.82, 2.24) is 0 Å². The van der Waals surface area contributed by atoms with Gasteiger partial charge in [-0.15, -0.1) is 0 Å². The van der Waals surface area contributed by atoms with Crippen LogP contribution in [0.1, 0.15) is 220 Å². The Balaban J connectivity index is 4.36. The molecule has 0 aliphatic rings. The van der Waals surface area contributed by atoms with Gasteiger partial charge in [-0.3, -0.25) is 14.4 Å². The highest BCUT2D eigenvalue weighted by Crippen LogP contribution is 2.11. The van der Waals surface area contributed by atoms with E-state index in [1.54, 1.807) is 0 Å². The molecule has 0 aromatic heterocycles. The molecule has 0 rings (SSSR count). The van der Waals surface area contributed by atoms with Crippen molar-refractivity contribution in [2.24, 2.45) is 0 Å². The van der Waals surface area contributed by atoms with Crippen LogP contribution in [0.4, 0.5) is 0 Å². The molecule has 0 saturated carbocycles. The molecule has 6 heteroatoms. The van der Waals surface area contributed by atoms with Gasteiger partial charge in [-0.2, -0.15) is 0 Å². The number of allylic oxidation sites excluding steroid dienone is 30. The summed E-state index contributed by atoms with van der Waals surface area (Å²) in [5.74, 6) is -1.02. The van der Waals surface area contributed by atoms with Gasteiger partial charge in [-0.1, -0.05) is 242 Å². The number of rotatable bonds is 51. The van der Waals surface area contributed by atoms with Crippen LogP contribution in [0.5, 0.6) is 0 Å². The first kappa shape index (κ1) is 70.5. The molecule has 76 heavy (non-hydrogen) atoms. The molecule has 1 atom stereocenters. The Bertz CT molecular complexity index is 1820. The number of ether oxygens (including phenoxy) is 3. The van der Waals surface area contributed by atoms with Crippen molar-refractivity contribution in [3.8, 4) is 0 Å². The van der Waals surface area contributed by atoms with Crippen molar-refractivity contribution in [1.29, 1.82) is 0 Å². The summed E-state index contributed by atoms with van der Waals surface area (Å²) in [6.07, 6.45) is 93.5. The monoisotopic (exact) mass is 1040 g/mol. The molecule has 0 amide bonds. The van der Waals surface area contributed by atoms with Crippen molar-refractivity contribution in [3.63, 3.8) is 0 Å². The summed E-state index contributed by atoms with van der Waals surface area (Å²) in [4.78, 5) is 37.9. The molecule has 0 aliphatic carbocycles. The van der Waals surface area contributed by atoms with E-state index in [9.17, 15) is 14.4 Å². The lowest BCUT2D eigenvalue weighted by Gasteiger charge is -2.18. The SMILES string of the molecule is CC/C=C\C/C=C\C/C=C\C/C=C\C/C=C\C/C=C\C/C=C\C/C=C\CCCCC(=O)OCC(COC(=O)CCCCCCCC)OC(=O)CCCCC/C=C\C/C=C\C/C=C\C/C=C\C/C=C\C/C=C\C/C=C\CC. The van der Waals surface area contributed by atoms with Gasteiger partial charge in [-0.05, 0) is 141 Å². The first-order valence-electron chi connectivity index (χ1n) is 29.8. The van der Waals surface area contributed by atoms with Gasteiger partial charge in [0.15, 0.2) is 6.10 Å². The summed E-state index contributed by atoms with van der Waals surface area (Å²) in [5.41, 5.74) is 0. The van der Waals surface area contributed by atoms with E-state index in [1.165, 1.54) is 19.3 Å². The first-order valence-corrected chi connectivity index (χ1v) is 29.8. The van der Waals surface area contributed by atoms with E-state index < -0.39 is 6.10 Å². The zero-order chi connectivity index (χ0) is 55.0. The molecule has 0 radical (unpaired) electrons. The molecular weight excluding hydrogens is 937 g/mol. The maximum atomic E-state index is 12.8. The van der Waals surface area contributed by atoms with Crippen molar-refractivity contribution >= 4 is 17.9 Å². The van der Waals surface area contributed by atoms with Crippen LogP contribution in [-0.2, 0) is 28.6 Å². The zero-order valence-corrected chi connectivity index (χ0v) is 48.2. The molecule has 1 unspecified atom stereocenters. The van der Waals surface area contributed by atoms with E-state index in [-0.39, 0.29) is 44.0 Å². The molecule has 422 valence electrons. The van der Waals surface area contributed by atoms with Gasteiger partial charge in [0.05, 0.1) is 0 Å². The minimum atomic E-state index is -0.822. The predicted octanol–water partition coefficient (Wildman–Crippen LogP) is 20.5. The summed E-state index contributed by atoms with van der Waals surface area (Å²) >= 11 is 0. The van der Waals surface area contributed by atoms with Gasteiger partial charge in [-0.25, -0.2) is 0 Å². The average molecular weight is 1040 g/mol. The molecule has 0 N–H and O–H groups in total. The number of hydrogen-bond donors (Lipinski definition) is 0. The highest BCUT2D eigenvalue weighted by molar-refractivity contribution is 5.71. The summed E-state index contributed by atoms with van der Waals surface area (Å²) in [6, 6.07) is 0. The van der Waals surface area contributed by atoms with Crippen molar-refractivity contribution in [3.05, 3.63) is 182 Å². The normalized spacial score (nSPS) is 13.5. The second-order valence-electron chi connectivity index (χ2n) is 18.8. The van der Waals surface area contributed by atoms with E-state index in [1.807, 2.05) is 0 Å². The summed E-state index contributed by atoms with van der Waals surface area (Å²) < 4.78 is 16.7. The lowest BCUT2D eigenvalue weighted by molar-refractivity contribution is -0.167. The molecule has 0 fully saturated rings. The van der Waals surface area contributed by atoms with E-state index in [4.69, 9.17) is 14.2 Å². The van der Waals surface area contributed by atoms with E-state index >= 15 is 0 Å². The lowest BCUT2D eigenvalue weighted by Crippen LogP contribution is -2.30. The molecule has 0 aromatic rings. The van der Waals surface area contributed by atoms with Crippen molar-refractivity contribution in [2.75, 3.05) is 13.2 Å². The number of unbranched alkanes of at least 4 members (excludes halogenated alkanes) is 10. The molecular formula is C70H106O6. The van der Waals surface area contributed by atoms with Crippen molar-refractivity contribution in [2.45, 2.75) is 226 Å². The van der Waals surface area contributed by atoms with Crippen LogP contribution < -0.4 is 0 Å². The van der Waals surface area contributed by atoms with Gasteiger partial charge >= 0.3 is 17.9 Å². The van der Waals surface area contributed by atoms with Crippen LogP contribution in [0.25, 0.3) is 0 Å². The molecule has 6 nitrogen and oxygen atoms in total.